The smallest absolute Gasteiger partial charge is 0.244 e. The van der Waals surface area contributed by atoms with Gasteiger partial charge < -0.3 is 16.0 Å². The van der Waals surface area contributed by atoms with E-state index >= 15 is 0 Å². The fourth-order valence-electron chi connectivity index (χ4n) is 3.93. The Hall–Kier alpha value is -4.05. The number of nitrogens with one attached hydrogen (secondary N) is 3. The first-order chi connectivity index (χ1) is 17.5. The second-order valence-electron chi connectivity index (χ2n) is 8.39. The summed E-state index contributed by atoms with van der Waals surface area (Å²) in [6.07, 6.45) is 6.85. The molecule has 3 N–H and O–H groups in total. The second kappa shape index (κ2) is 12.1. The zero-order valence-electron chi connectivity index (χ0n) is 19.4. The number of hydrogen-bond acceptors (Lipinski definition) is 6. The van der Waals surface area contributed by atoms with E-state index in [1.54, 1.807) is 24.3 Å². The maximum absolute atomic E-state index is 13.2. The Bertz CT molecular complexity index is 1230. The second-order valence-corrected chi connectivity index (χ2v) is 8.83. The van der Waals surface area contributed by atoms with Gasteiger partial charge in [0.05, 0.1) is 5.69 Å². The molecule has 0 saturated carbocycles. The van der Waals surface area contributed by atoms with Crippen molar-refractivity contribution < 1.29 is 14.4 Å². The molecule has 0 spiro atoms. The maximum Gasteiger partial charge on any atom is 0.244 e. The molecular weight excluding hydrogens is 482 g/mol. The normalized spacial score (nSPS) is 16.7. The average Bonchev–Trinajstić information content (AvgIpc) is 3.33. The molecule has 3 aromatic rings. The third-order valence-electron chi connectivity index (χ3n) is 5.77. The van der Waals surface area contributed by atoms with Crippen LogP contribution in [0.15, 0.2) is 60.9 Å². The van der Waals surface area contributed by atoms with Gasteiger partial charge in [0.15, 0.2) is 0 Å². The number of rotatable bonds is 8. The lowest BCUT2D eigenvalue weighted by Gasteiger charge is -2.21. The molecule has 2 heterocycles. The van der Waals surface area contributed by atoms with Gasteiger partial charge in [0.1, 0.15) is 18.4 Å². The first-order valence-corrected chi connectivity index (χ1v) is 12.0. The number of amides is 3. The van der Waals surface area contributed by atoms with Crippen molar-refractivity contribution in [3.8, 4) is 5.69 Å². The van der Waals surface area contributed by atoms with Gasteiger partial charge in [-0.1, -0.05) is 41.9 Å². The molecule has 1 fully saturated rings. The van der Waals surface area contributed by atoms with E-state index in [1.165, 1.54) is 17.1 Å². The van der Waals surface area contributed by atoms with Crippen LogP contribution in [0.2, 0.25) is 5.02 Å². The first kappa shape index (κ1) is 25.1. The zero-order chi connectivity index (χ0) is 25.3. The quantitative estimate of drug-likeness (QED) is 0.399. The lowest BCUT2D eigenvalue weighted by molar-refractivity contribution is -0.131. The van der Waals surface area contributed by atoms with Crippen LogP contribution in [0.4, 0.5) is 0 Å². The highest BCUT2D eigenvalue weighted by Gasteiger charge is 2.27. The Morgan fingerprint density at radius 3 is 2.81 bits per heavy atom. The van der Waals surface area contributed by atoms with Gasteiger partial charge in [0.2, 0.25) is 17.7 Å². The van der Waals surface area contributed by atoms with Crippen LogP contribution in [-0.4, -0.2) is 56.6 Å². The summed E-state index contributed by atoms with van der Waals surface area (Å²) in [6, 6.07) is 13.0. The lowest BCUT2D eigenvalue weighted by atomic mass is 10.0. The molecule has 0 bridgehead atoms. The van der Waals surface area contributed by atoms with Crippen molar-refractivity contribution in [3.05, 3.63) is 77.1 Å². The minimum absolute atomic E-state index is 0.207. The number of benzene rings is 2. The molecule has 11 heteroatoms. The summed E-state index contributed by atoms with van der Waals surface area (Å²) < 4.78 is 1.46. The summed E-state index contributed by atoms with van der Waals surface area (Å²) in [7, 11) is 0. The van der Waals surface area contributed by atoms with Gasteiger partial charge in [-0.2, -0.15) is 4.68 Å². The van der Waals surface area contributed by atoms with Gasteiger partial charge in [0, 0.05) is 29.6 Å². The molecule has 10 nitrogen and oxygen atoms in total. The van der Waals surface area contributed by atoms with E-state index in [2.05, 4.69) is 31.5 Å². The maximum atomic E-state index is 13.2. The number of halogens is 1. The van der Waals surface area contributed by atoms with Crippen LogP contribution < -0.4 is 16.0 Å². The molecule has 1 aromatic heterocycles. The van der Waals surface area contributed by atoms with Crippen molar-refractivity contribution in [3.63, 3.8) is 0 Å². The summed E-state index contributed by atoms with van der Waals surface area (Å²) in [5, 5.41) is 20.0. The van der Waals surface area contributed by atoms with Crippen LogP contribution in [0, 0.1) is 0 Å². The summed E-state index contributed by atoms with van der Waals surface area (Å²) in [4.78, 5) is 38.4. The Morgan fingerprint density at radius 1 is 1.19 bits per heavy atom. The van der Waals surface area contributed by atoms with Gasteiger partial charge in [-0.25, -0.2) is 0 Å². The molecule has 1 unspecified atom stereocenters. The largest absolute Gasteiger partial charge is 0.354 e. The number of carbonyl (C=O) groups excluding carboxylic acids is 3. The predicted molar refractivity (Wildman–Crippen MR) is 134 cm³/mol. The van der Waals surface area contributed by atoms with Crippen molar-refractivity contribution in [1.29, 1.82) is 0 Å². The van der Waals surface area contributed by atoms with Crippen LogP contribution in [0.5, 0.6) is 0 Å². The van der Waals surface area contributed by atoms with Gasteiger partial charge >= 0.3 is 0 Å². The van der Waals surface area contributed by atoms with Crippen LogP contribution in [0.1, 0.15) is 30.4 Å². The van der Waals surface area contributed by atoms with Crippen LogP contribution in [0.3, 0.4) is 0 Å². The van der Waals surface area contributed by atoms with Crippen LogP contribution in [0.25, 0.3) is 11.8 Å². The van der Waals surface area contributed by atoms with Crippen molar-refractivity contribution in [2.45, 2.75) is 37.8 Å². The molecule has 1 aliphatic rings. The summed E-state index contributed by atoms with van der Waals surface area (Å²) in [6.45, 7) is 0.594. The van der Waals surface area contributed by atoms with Gasteiger partial charge in [-0.15, -0.1) is 5.10 Å². The molecule has 2 aromatic carbocycles. The third kappa shape index (κ3) is 6.76. The van der Waals surface area contributed by atoms with Crippen molar-refractivity contribution >= 4 is 35.4 Å². The standard InChI is InChI=1S/C25H26ClN7O3/c26-19-10-11-22(33-16-28-31-32-33)18(15-19)9-12-23(34)29-21(14-17-6-2-1-3-7-17)25(36)30-20-8-4-5-13-27-24(20)35/h1-3,6-7,9-12,15-16,20-21H,4-5,8,13-14H2,(H,27,35)(H,29,34)(H,30,36)/b12-9+/t20?,21-/m0/s1. The SMILES string of the molecule is O=C(/C=C/c1cc(Cl)ccc1-n1cnnn1)N[C@@H](Cc1ccccc1)C(=O)NC1CCCCNC1=O. The van der Waals surface area contributed by atoms with Crippen LogP contribution in [-0.2, 0) is 20.8 Å². The fourth-order valence-corrected chi connectivity index (χ4v) is 4.11. The minimum Gasteiger partial charge on any atom is -0.354 e. The molecule has 36 heavy (non-hydrogen) atoms. The molecule has 1 aliphatic heterocycles. The van der Waals surface area contributed by atoms with Crippen molar-refractivity contribution in [2.24, 2.45) is 0 Å². The number of nitrogens with zero attached hydrogens (tertiary/aromatic N) is 4. The topological polar surface area (TPSA) is 131 Å². The molecule has 4 rings (SSSR count). The number of tetrazole rings is 1. The van der Waals surface area contributed by atoms with Crippen LogP contribution >= 0.6 is 11.6 Å². The molecule has 1 saturated heterocycles. The Labute approximate surface area is 213 Å². The van der Waals surface area contributed by atoms with Gasteiger partial charge in [0.25, 0.3) is 0 Å². The predicted octanol–water partition coefficient (Wildman–Crippen LogP) is 1.84. The fraction of sp³-hybridized carbons (Fsp3) is 0.280. The zero-order valence-corrected chi connectivity index (χ0v) is 20.2. The van der Waals surface area contributed by atoms with E-state index in [0.717, 1.165) is 18.4 Å². The monoisotopic (exact) mass is 507 g/mol. The summed E-state index contributed by atoms with van der Waals surface area (Å²) >= 11 is 6.14. The molecule has 2 atom stereocenters. The first-order valence-electron chi connectivity index (χ1n) is 11.6. The van der Waals surface area contributed by atoms with E-state index in [-0.39, 0.29) is 12.3 Å². The summed E-state index contributed by atoms with van der Waals surface area (Å²) in [5.74, 6) is -1.10. The molecule has 0 aliphatic carbocycles. The Morgan fingerprint density at radius 2 is 2.03 bits per heavy atom. The molecular formula is C25H26ClN7O3. The molecule has 186 valence electrons. The van der Waals surface area contributed by atoms with E-state index in [1.807, 2.05) is 30.3 Å². The lowest BCUT2D eigenvalue weighted by Crippen LogP contribution is -2.53. The average molecular weight is 508 g/mol. The molecule has 0 radical (unpaired) electrons. The number of carbonyl (C=O) groups is 3. The molecule has 3 amide bonds. The van der Waals surface area contributed by atoms with E-state index in [0.29, 0.717) is 29.2 Å². The highest BCUT2D eigenvalue weighted by molar-refractivity contribution is 6.30. The van der Waals surface area contributed by atoms with E-state index in [9.17, 15) is 14.4 Å². The summed E-state index contributed by atoms with van der Waals surface area (Å²) in [5.41, 5.74) is 2.12. The number of hydrogen-bond donors (Lipinski definition) is 3. The highest BCUT2D eigenvalue weighted by Crippen LogP contribution is 2.20. The van der Waals surface area contributed by atoms with Crippen molar-refractivity contribution in [2.75, 3.05) is 6.54 Å². The van der Waals surface area contributed by atoms with Crippen molar-refractivity contribution in [1.82, 2.24) is 36.2 Å². The number of aromatic nitrogens is 4. The van der Waals surface area contributed by atoms with E-state index < -0.39 is 23.9 Å². The Kier molecular flexibility index (Phi) is 8.40. The van der Waals surface area contributed by atoms with Gasteiger partial charge in [-0.3, -0.25) is 14.4 Å². The highest BCUT2D eigenvalue weighted by atomic mass is 35.5. The minimum atomic E-state index is -0.876. The van der Waals surface area contributed by atoms with Gasteiger partial charge in [-0.05, 0) is 59.5 Å². The third-order valence-corrected chi connectivity index (χ3v) is 6.00. The Balaban J connectivity index is 1.50. The van der Waals surface area contributed by atoms with E-state index in [4.69, 9.17) is 11.6 Å².